The number of benzene rings is 1. The fraction of sp³-hybridized carbons (Fsp3) is 0.647. The minimum Gasteiger partial charge on any atom is -0.493 e. The lowest BCUT2D eigenvalue weighted by atomic mass is 9.94. The maximum absolute atomic E-state index is 11.9. The molecule has 0 aromatic heterocycles. The predicted molar refractivity (Wildman–Crippen MR) is 92.1 cm³/mol. The van der Waals surface area contributed by atoms with Gasteiger partial charge in [0.1, 0.15) is 0 Å². The maximum atomic E-state index is 11.9. The molecule has 1 N–H and O–H groups in total. The lowest BCUT2D eigenvalue weighted by Gasteiger charge is -2.31. The number of hydrogen-bond donors (Lipinski definition) is 1. The van der Waals surface area contributed by atoms with Gasteiger partial charge in [-0.25, -0.2) is 8.42 Å². The van der Waals surface area contributed by atoms with E-state index in [-0.39, 0.29) is 11.3 Å². The van der Waals surface area contributed by atoms with Crippen molar-refractivity contribution >= 4 is 9.84 Å². The Balaban J connectivity index is 1.93. The average molecular weight is 341 g/mol. The first kappa shape index (κ1) is 18.1. The SMILES string of the molecule is COc1ccc(CCN[C@@H]2CCCC[C@@H]2S(C)(=O)=O)cc1OC. The van der Waals surface area contributed by atoms with Crippen molar-refractivity contribution in [3.8, 4) is 11.5 Å². The highest BCUT2D eigenvalue weighted by molar-refractivity contribution is 7.91. The summed E-state index contributed by atoms with van der Waals surface area (Å²) in [5, 5.41) is 3.19. The van der Waals surface area contributed by atoms with Gasteiger partial charge in [0.25, 0.3) is 0 Å². The minimum absolute atomic E-state index is 0.0684. The Morgan fingerprint density at radius 1 is 1.13 bits per heavy atom. The summed E-state index contributed by atoms with van der Waals surface area (Å²) >= 11 is 0. The second-order valence-corrected chi connectivity index (χ2v) is 8.42. The van der Waals surface area contributed by atoms with E-state index >= 15 is 0 Å². The number of sulfone groups is 1. The molecule has 6 heteroatoms. The second-order valence-electron chi connectivity index (χ2n) is 6.15. The Kier molecular flexibility index (Phi) is 6.30. The molecule has 2 atom stereocenters. The van der Waals surface area contributed by atoms with Gasteiger partial charge in [-0.05, 0) is 43.5 Å². The van der Waals surface area contributed by atoms with Gasteiger partial charge in [-0.1, -0.05) is 18.9 Å². The molecule has 0 unspecified atom stereocenters. The van der Waals surface area contributed by atoms with Crippen molar-refractivity contribution in [1.82, 2.24) is 5.32 Å². The molecule has 0 spiro atoms. The number of rotatable bonds is 7. The van der Waals surface area contributed by atoms with E-state index in [1.54, 1.807) is 14.2 Å². The van der Waals surface area contributed by atoms with Gasteiger partial charge in [-0.3, -0.25) is 0 Å². The highest BCUT2D eigenvalue weighted by Crippen LogP contribution is 2.28. The van der Waals surface area contributed by atoms with Crippen molar-refractivity contribution in [2.45, 2.75) is 43.4 Å². The zero-order valence-electron chi connectivity index (χ0n) is 14.2. The second kappa shape index (κ2) is 8.02. The predicted octanol–water partition coefficient (Wildman–Crippen LogP) is 2.19. The first-order chi connectivity index (χ1) is 11.0. The van der Waals surface area contributed by atoms with E-state index < -0.39 is 9.84 Å². The summed E-state index contributed by atoms with van der Waals surface area (Å²) < 4.78 is 34.4. The summed E-state index contributed by atoms with van der Waals surface area (Å²) in [6.07, 6.45) is 5.99. The summed E-state index contributed by atoms with van der Waals surface area (Å²) in [6, 6.07) is 5.94. The van der Waals surface area contributed by atoms with Crippen LogP contribution in [0.1, 0.15) is 31.2 Å². The molecule has 1 aromatic carbocycles. The topological polar surface area (TPSA) is 64.6 Å². The van der Waals surface area contributed by atoms with Gasteiger partial charge < -0.3 is 14.8 Å². The van der Waals surface area contributed by atoms with Crippen molar-refractivity contribution < 1.29 is 17.9 Å². The van der Waals surface area contributed by atoms with E-state index in [0.717, 1.165) is 50.0 Å². The van der Waals surface area contributed by atoms with Crippen LogP contribution in [0.5, 0.6) is 11.5 Å². The number of hydrogen-bond acceptors (Lipinski definition) is 5. The first-order valence-corrected chi connectivity index (χ1v) is 10.0. The molecule has 1 saturated carbocycles. The van der Waals surface area contributed by atoms with Crippen LogP contribution in [0.3, 0.4) is 0 Å². The summed E-state index contributed by atoms with van der Waals surface area (Å²) in [7, 11) is 0.253. The van der Waals surface area contributed by atoms with Crippen LogP contribution in [0.15, 0.2) is 18.2 Å². The summed E-state index contributed by atoms with van der Waals surface area (Å²) in [5.41, 5.74) is 1.14. The fourth-order valence-corrected chi connectivity index (χ4v) is 4.70. The summed E-state index contributed by atoms with van der Waals surface area (Å²) in [5.74, 6) is 1.44. The van der Waals surface area contributed by atoms with Gasteiger partial charge >= 0.3 is 0 Å². The van der Waals surface area contributed by atoms with Crippen LogP contribution < -0.4 is 14.8 Å². The zero-order chi connectivity index (χ0) is 16.9. The smallest absolute Gasteiger partial charge is 0.160 e. The van der Waals surface area contributed by atoms with Crippen LogP contribution in [0.25, 0.3) is 0 Å². The van der Waals surface area contributed by atoms with Gasteiger partial charge in [-0.15, -0.1) is 0 Å². The molecule has 0 heterocycles. The highest BCUT2D eigenvalue weighted by atomic mass is 32.2. The van der Waals surface area contributed by atoms with Crippen molar-refractivity contribution in [3.63, 3.8) is 0 Å². The molecule has 5 nitrogen and oxygen atoms in total. The third-order valence-corrected chi connectivity index (χ3v) is 6.18. The Bertz CT molecular complexity index is 615. The van der Waals surface area contributed by atoms with Gasteiger partial charge in [0.2, 0.25) is 0 Å². The standard InChI is InChI=1S/C17H27NO4S/c1-21-15-9-8-13(12-16(15)22-2)10-11-18-14-6-4-5-7-17(14)23(3,19)20/h8-9,12,14,17-18H,4-7,10-11H2,1-3H3/t14-,17+/m1/s1. The fourth-order valence-electron chi connectivity index (χ4n) is 3.28. The lowest BCUT2D eigenvalue weighted by molar-refractivity contribution is 0.354. The molecule has 0 amide bonds. The molecule has 0 radical (unpaired) electrons. The van der Waals surface area contributed by atoms with Crippen molar-refractivity contribution in [2.24, 2.45) is 0 Å². The van der Waals surface area contributed by atoms with Gasteiger partial charge in [0.05, 0.1) is 19.5 Å². The van der Waals surface area contributed by atoms with E-state index in [1.807, 2.05) is 18.2 Å². The van der Waals surface area contributed by atoms with E-state index in [2.05, 4.69) is 5.32 Å². The van der Waals surface area contributed by atoms with E-state index in [4.69, 9.17) is 9.47 Å². The Hall–Kier alpha value is -1.27. The third kappa shape index (κ3) is 4.85. The molecular weight excluding hydrogens is 314 g/mol. The number of methoxy groups -OCH3 is 2. The van der Waals surface area contributed by atoms with Crippen LogP contribution in [-0.4, -0.2) is 46.7 Å². The number of ether oxygens (including phenoxy) is 2. The molecule has 0 saturated heterocycles. The zero-order valence-corrected chi connectivity index (χ0v) is 15.0. The van der Waals surface area contributed by atoms with Crippen LogP contribution >= 0.6 is 0 Å². The average Bonchev–Trinajstić information content (AvgIpc) is 2.54. The van der Waals surface area contributed by atoms with Crippen LogP contribution in [0.2, 0.25) is 0 Å². The van der Waals surface area contributed by atoms with Crippen molar-refractivity contribution in [1.29, 1.82) is 0 Å². The van der Waals surface area contributed by atoms with E-state index in [1.165, 1.54) is 6.26 Å². The molecule has 0 aliphatic heterocycles. The first-order valence-electron chi connectivity index (χ1n) is 8.09. The normalized spacial score (nSPS) is 21.9. The Morgan fingerprint density at radius 2 is 1.83 bits per heavy atom. The summed E-state index contributed by atoms with van der Waals surface area (Å²) in [4.78, 5) is 0. The molecular formula is C17H27NO4S. The Morgan fingerprint density at radius 3 is 2.48 bits per heavy atom. The molecule has 1 aromatic rings. The van der Waals surface area contributed by atoms with E-state index in [0.29, 0.717) is 5.75 Å². The molecule has 23 heavy (non-hydrogen) atoms. The monoisotopic (exact) mass is 341 g/mol. The quantitative estimate of drug-likeness (QED) is 0.823. The van der Waals surface area contributed by atoms with Crippen molar-refractivity contribution in [3.05, 3.63) is 23.8 Å². The van der Waals surface area contributed by atoms with Crippen LogP contribution in [0, 0.1) is 0 Å². The number of nitrogens with one attached hydrogen (secondary N) is 1. The van der Waals surface area contributed by atoms with Crippen LogP contribution in [-0.2, 0) is 16.3 Å². The highest BCUT2D eigenvalue weighted by Gasteiger charge is 2.32. The minimum atomic E-state index is -2.99. The largest absolute Gasteiger partial charge is 0.493 e. The summed E-state index contributed by atoms with van der Waals surface area (Å²) in [6.45, 7) is 0.756. The van der Waals surface area contributed by atoms with Gasteiger partial charge in [0, 0.05) is 12.3 Å². The van der Waals surface area contributed by atoms with Gasteiger partial charge in [0.15, 0.2) is 21.3 Å². The molecule has 2 rings (SSSR count). The molecule has 1 fully saturated rings. The maximum Gasteiger partial charge on any atom is 0.160 e. The molecule has 1 aliphatic carbocycles. The van der Waals surface area contributed by atoms with Crippen molar-refractivity contribution in [2.75, 3.05) is 27.0 Å². The molecule has 0 bridgehead atoms. The molecule has 1 aliphatic rings. The third-order valence-electron chi connectivity index (χ3n) is 4.52. The Labute approximate surface area is 139 Å². The lowest BCUT2D eigenvalue weighted by Crippen LogP contribution is -2.46. The van der Waals surface area contributed by atoms with E-state index in [9.17, 15) is 8.42 Å². The molecule has 130 valence electrons. The van der Waals surface area contributed by atoms with Crippen LogP contribution in [0.4, 0.5) is 0 Å². The van der Waals surface area contributed by atoms with Gasteiger partial charge in [-0.2, -0.15) is 0 Å².